The van der Waals surface area contributed by atoms with E-state index >= 15 is 0 Å². The van der Waals surface area contributed by atoms with Gasteiger partial charge in [-0.2, -0.15) is 0 Å². The first-order valence-corrected chi connectivity index (χ1v) is 6.14. The zero-order valence-electron chi connectivity index (χ0n) is 10.0. The molecule has 2 amide bonds. The van der Waals surface area contributed by atoms with Gasteiger partial charge in [-0.1, -0.05) is 0 Å². The molecule has 2 aliphatic heterocycles. The molecule has 2 heterocycles. The van der Waals surface area contributed by atoms with Gasteiger partial charge in [-0.3, -0.25) is 0 Å². The molecule has 0 spiro atoms. The fourth-order valence-electron chi connectivity index (χ4n) is 2.41. The number of aliphatic hydroxyl groups is 1. The van der Waals surface area contributed by atoms with Crippen molar-refractivity contribution in [3.63, 3.8) is 0 Å². The number of carbonyl (C=O) groups is 2. The van der Waals surface area contributed by atoms with E-state index in [-0.39, 0.29) is 25.2 Å². The molecule has 0 saturated carbocycles. The van der Waals surface area contributed by atoms with Crippen LogP contribution in [0.3, 0.4) is 0 Å². The minimum atomic E-state index is -1.13. The van der Waals surface area contributed by atoms with Gasteiger partial charge in [0.1, 0.15) is 6.04 Å². The van der Waals surface area contributed by atoms with E-state index in [1.165, 1.54) is 0 Å². The van der Waals surface area contributed by atoms with Crippen molar-refractivity contribution < 1.29 is 24.5 Å². The van der Waals surface area contributed by atoms with Crippen LogP contribution in [0.1, 0.15) is 19.3 Å². The number of aliphatic carboxylic acids is 1. The van der Waals surface area contributed by atoms with E-state index in [9.17, 15) is 9.59 Å². The number of likely N-dealkylation sites (tertiary alicyclic amines) is 1. The number of carboxylic acid groups (broad SMARTS) is 1. The van der Waals surface area contributed by atoms with Crippen LogP contribution in [0.2, 0.25) is 0 Å². The van der Waals surface area contributed by atoms with E-state index in [1.54, 1.807) is 4.90 Å². The second-order valence-electron chi connectivity index (χ2n) is 4.72. The van der Waals surface area contributed by atoms with E-state index in [0.29, 0.717) is 13.1 Å². The Bertz CT molecular complexity index is 323. The highest BCUT2D eigenvalue weighted by atomic mass is 16.5. The third-order valence-corrected chi connectivity index (χ3v) is 3.34. The summed E-state index contributed by atoms with van der Waals surface area (Å²) in [5, 5.41) is 20.1. The molecule has 0 aliphatic carbocycles. The minimum Gasteiger partial charge on any atom is -0.480 e. The number of nitrogens with zero attached hydrogens (tertiary/aromatic N) is 1. The van der Waals surface area contributed by atoms with Gasteiger partial charge in [-0.05, 0) is 12.8 Å². The van der Waals surface area contributed by atoms with Crippen molar-refractivity contribution in [3.8, 4) is 0 Å². The van der Waals surface area contributed by atoms with Gasteiger partial charge in [-0.25, -0.2) is 9.59 Å². The molecular weight excluding hydrogens is 240 g/mol. The number of amides is 2. The smallest absolute Gasteiger partial charge is 0.326 e. The lowest BCUT2D eigenvalue weighted by molar-refractivity contribution is -0.139. The highest BCUT2D eigenvalue weighted by Crippen LogP contribution is 2.26. The number of ether oxygens (including phenoxy) is 1. The number of rotatable bonds is 4. The monoisotopic (exact) mass is 258 g/mol. The molecule has 0 aromatic heterocycles. The maximum Gasteiger partial charge on any atom is 0.326 e. The van der Waals surface area contributed by atoms with E-state index < -0.39 is 18.0 Å². The average Bonchev–Trinajstić information content (AvgIpc) is 2.67. The Morgan fingerprint density at radius 1 is 1.33 bits per heavy atom. The molecule has 3 N–H and O–H groups in total. The van der Waals surface area contributed by atoms with Gasteiger partial charge >= 0.3 is 12.0 Å². The summed E-state index contributed by atoms with van der Waals surface area (Å²) in [6.07, 6.45) is 2.07. The van der Waals surface area contributed by atoms with Gasteiger partial charge in [0.2, 0.25) is 0 Å². The van der Waals surface area contributed by atoms with Crippen molar-refractivity contribution in [2.75, 3.05) is 19.7 Å². The van der Waals surface area contributed by atoms with Crippen molar-refractivity contribution >= 4 is 12.0 Å². The van der Waals surface area contributed by atoms with Gasteiger partial charge in [0.15, 0.2) is 0 Å². The lowest BCUT2D eigenvalue weighted by atomic mass is 10.2. The standard InChI is InChI=1S/C11H18N2O5/c14-4-3-9(10(15)16)12-11(17)13-5-7-1-2-8(6-13)18-7/h7-9,14H,1-6H2,(H,12,17)(H,15,16)/t7?,8?,9-/m1/s1. The predicted molar refractivity (Wildman–Crippen MR) is 61.1 cm³/mol. The minimum absolute atomic E-state index is 0.0122. The van der Waals surface area contributed by atoms with Crippen LogP contribution < -0.4 is 5.32 Å². The summed E-state index contributed by atoms with van der Waals surface area (Å²) in [6, 6.07) is -1.43. The Hall–Kier alpha value is -1.34. The molecule has 0 aromatic rings. The third kappa shape index (κ3) is 2.91. The molecule has 102 valence electrons. The number of hydrogen-bond acceptors (Lipinski definition) is 4. The van der Waals surface area contributed by atoms with Crippen molar-refractivity contribution in [1.29, 1.82) is 0 Å². The molecule has 2 bridgehead atoms. The molecule has 0 aromatic carbocycles. The molecule has 0 radical (unpaired) electrons. The van der Waals surface area contributed by atoms with Crippen molar-refractivity contribution in [3.05, 3.63) is 0 Å². The van der Waals surface area contributed by atoms with Crippen molar-refractivity contribution in [2.45, 2.75) is 37.5 Å². The van der Waals surface area contributed by atoms with Crippen molar-refractivity contribution in [1.82, 2.24) is 10.2 Å². The third-order valence-electron chi connectivity index (χ3n) is 3.34. The lowest BCUT2D eigenvalue weighted by Crippen LogP contribution is -2.53. The zero-order chi connectivity index (χ0) is 13.1. The molecule has 2 saturated heterocycles. The normalized spacial score (nSPS) is 27.9. The van der Waals surface area contributed by atoms with Gasteiger partial charge in [0.25, 0.3) is 0 Å². The van der Waals surface area contributed by atoms with E-state index in [2.05, 4.69) is 5.32 Å². The second kappa shape index (κ2) is 5.53. The van der Waals surface area contributed by atoms with Crippen LogP contribution >= 0.6 is 0 Å². The van der Waals surface area contributed by atoms with Gasteiger partial charge in [-0.15, -0.1) is 0 Å². The molecule has 7 heteroatoms. The van der Waals surface area contributed by atoms with Crippen LogP contribution in [0.4, 0.5) is 4.79 Å². The lowest BCUT2D eigenvalue weighted by Gasteiger charge is -2.32. The molecule has 3 atom stereocenters. The molecule has 18 heavy (non-hydrogen) atoms. The summed E-state index contributed by atoms with van der Waals surface area (Å²) in [4.78, 5) is 24.4. The number of morpholine rings is 1. The number of hydrogen-bond donors (Lipinski definition) is 3. The first-order valence-electron chi connectivity index (χ1n) is 6.14. The number of carbonyl (C=O) groups excluding carboxylic acids is 1. The highest BCUT2D eigenvalue weighted by Gasteiger charge is 2.36. The number of nitrogens with one attached hydrogen (secondary N) is 1. The zero-order valence-corrected chi connectivity index (χ0v) is 10.0. The molecule has 2 unspecified atom stereocenters. The summed E-state index contributed by atoms with van der Waals surface area (Å²) in [5.74, 6) is -1.13. The fraction of sp³-hybridized carbons (Fsp3) is 0.818. The van der Waals surface area contributed by atoms with Crippen molar-refractivity contribution in [2.24, 2.45) is 0 Å². The predicted octanol–water partition coefficient (Wildman–Crippen LogP) is -0.605. The molecular formula is C11H18N2O5. The van der Waals surface area contributed by atoms with E-state index in [4.69, 9.17) is 14.9 Å². The fourth-order valence-corrected chi connectivity index (χ4v) is 2.41. The van der Waals surface area contributed by atoms with Crippen LogP contribution in [-0.4, -0.2) is 65.1 Å². The van der Waals surface area contributed by atoms with Crippen LogP contribution in [0.25, 0.3) is 0 Å². The quantitative estimate of drug-likeness (QED) is 0.625. The number of carboxylic acids is 1. The van der Waals surface area contributed by atoms with Crippen LogP contribution in [-0.2, 0) is 9.53 Å². The summed E-state index contributed by atoms with van der Waals surface area (Å²) in [6.45, 7) is 0.743. The van der Waals surface area contributed by atoms with Gasteiger partial charge in [0, 0.05) is 26.1 Å². The first-order chi connectivity index (χ1) is 8.60. The summed E-state index contributed by atoms with van der Waals surface area (Å²) in [7, 11) is 0. The van der Waals surface area contributed by atoms with E-state index in [0.717, 1.165) is 12.8 Å². The topological polar surface area (TPSA) is 99.1 Å². The summed E-state index contributed by atoms with van der Waals surface area (Å²) < 4.78 is 5.60. The number of urea groups is 1. The van der Waals surface area contributed by atoms with Crippen LogP contribution in [0.15, 0.2) is 0 Å². The SMILES string of the molecule is O=C(O)[C@@H](CCO)NC(=O)N1CC2CCC(C1)O2. The Balaban J connectivity index is 1.88. The maximum absolute atomic E-state index is 11.9. The number of fused-ring (bicyclic) bond motifs is 2. The van der Waals surface area contributed by atoms with Gasteiger partial charge in [0.05, 0.1) is 12.2 Å². The molecule has 2 rings (SSSR count). The highest BCUT2D eigenvalue weighted by molar-refractivity contribution is 5.82. The second-order valence-corrected chi connectivity index (χ2v) is 4.72. The average molecular weight is 258 g/mol. The Kier molecular flexibility index (Phi) is 4.03. The van der Waals surface area contributed by atoms with Gasteiger partial charge < -0.3 is 25.2 Å². The summed E-state index contributed by atoms with van der Waals surface area (Å²) >= 11 is 0. The molecule has 7 nitrogen and oxygen atoms in total. The van der Waals surface area contributed by atoms with E-state index in [1.807, 2.05) is 0 Å². The number of aliphatic hydroxyl groups excluding tert-OH is 1. The summed E-state index contributed by atoms with van der Waals surface area (Å²) in [5.41, 5.74) is 0. The molecule has 2 fully saturated rings. The Morgan fingerprint density at radius 3 is 2.44 bits per heavy atom. The first kappa shape index (κ1) is 13.1. The Labute approximate surface area is 105 Å². The van der Waals surface area contributed by atoms with Crippen LogP contribution in [0, 0.1) is 0 Å². The van der Waals surface area contributed by atoms with Crippen LogP contribution in [0.5, 0.6) is 0 Å². The largest absolute Gasteiger partial charge is 0.480 e. The Morgan fingerprint density at radius 2 is 1.94 bits per heavy atom. The maximum atomic E-state index is 11.9. The molecule has 2 aliphatic rings.